The Balaban J connectivity index is 2.63. The van der Waals surface area contributed by atoms with Gasteiger partial charge in [-0.1, -0.05) is 15.9 Å². The summed E-state index contributed by atoms with van der Waals surface area (Å²) in [5, 5.41) is 2.79. The first-order valence-corrected chi connectivity index (χ1v) is 7.17. The summed E-state index contributed by atoms with van der Waals surface area (Å²) in [6.07, 6.45) is 0. The van der Waals surface area contributed by atoms with Gasteiger partial charge in [0.1, 0.15) is 5.75 Å². The van der Waals surface area contributed by atoms with Crippen molar-refractivity contribution in [2.75, 3.05) is 20.3 Å². The van der Waals surface area contributed by atoms with E-state index >= 15 is 0 Å². The van der Waals surface area contributed by atoms with Crippen LogP contribution >= 0.6 is 15.9 Å². The monoisotopic (exact) mass is 344 g/mol. The lowest BCUT2D eigenvalue weighted by Gasteiger charge is -2.16. The Kier molecular flexibility index (Phi) is 6.98. The normalized spacial score (nSPS) is 12.1. The van der Waals surface area contributed by atoms with E-state index in [-0.39, 0.29) is 18.6 Å². The van der Waals surface area contributed by atoms with E-state index in [1.165, 1.54) is 0 Å². The van der Waals surface area contributed by atoms with Gasteiger partial charge in [0.2, 0.25) is 0 Å². The van der Waals surface area contributed by atoms with Crippen LogP contribution in [0.15, 0.2) is 16.6 Å². The van der Waals surface area contributed by atoms with E-state index in [1.807, 2.05) is 26.0 Å². The zero-order valence-electron chi connectivity index (χ0n) is 12.0. The van der Waals surface area contributed by atoms with E-state index < -0.39 is 0 Å². The zero-order chi connectivity index (χ0) is 15.1. The standard InChI is InChI=1S/C14H21BrN2O3/c1-9-4-12(15)5-11(6-16)14(9)20-8-13(18)17-10(2)7-19-3/h4-5,10H,6-8,16H2,1-3H3,(H,17,18). The number of benzene rings is 1. The fraction of sp³-hybridized carbons (Fsp3) is 0.500. The lowest BCUT2D eigenvalue weighted by atomic mass is 10.1. The number of hydrogen-bond acceptors (Lipinski definition) is 4. The minimum Gasteiger partial charge on any atom is -0.483 e. The predicted octanol–water partition coefficient (Wildman–Crippen LogP) is 1.75. The summed E-state index contributed by atoms with van der Waals surface area (Å²) >= 11 is 3.41. The minimum absolute atomic E-state index is 0.0382. The van der Waals surface area contributed by atoms with Gasteiger partial charge in [-0.05, 0) is 31.5 Å². The summed E-state index contributed by atoms with van der Waals surface area (Å²) < 4.78 is 11.5. The Morgan fingerprint density at radius 2 is 2.20 bits per heavy atom. The molecule has 1 unspecified atom stereocenters. The van der Waals surface area contributed by atoms with Crippen LogP contribution in [-0.2, 0) is 16.1 Å². The summed E-state index contributed by atoms with van der Waals surface area (Å²) in [5.74, 6) is 0.491. The van der Waals surface area contributed by atoms with Crippen molar-refractivity contribution in [3.8, 4) is 5.75 Å². The molecule has 6 heteroatoms. The molecule has 0 aliphatic heterocycles. The second-order valence-corrected chi connectivity index (χ2v) is 5.54. The van der Waals surface area contributed by atoms with Gasteiger partial charge < -0.3 is 20.5 Å². The fourth-order valence-electron chi connectivity index (χ4n) is 1.90. The van der Waals surface area contributed by atoms with Crippen molar-refractivity contribution in [2.24, 2.45) is 5.73 Å². The van der Waals surface area contributed by atoms with Crippen LogP contribution in [0.4, 0.5) is 0 Å². The number of carbonyl (C=O) groups is 1. The molecule has 0 aliphatic carbocycles. The Morgan fingerprint density at radius 1 is 1.50 bits per heavy atom. The minimum atomic E-state index is -0.181. The molecule has 112 valence electrons. The molecule has 1 aromatic carbocycles. The van der Waals surface area contributed by atoms with E-state index in [0.29, 0.717) is 18.9 Å². The lowest BCUT2D eigenvalue weighted by Crippen LogP contribution is -2.38. The fourth-order valence-corrected chi connectivity index (χ4v) is 2.52. The summed E-state index contributed by atoms with van der Waals surface area (Å²) in [5.41, 5.74) is 7.51. The third kappa shape index (κ3) is 5.11. The number of amides is 1. The average molecular weight is 345 g/mol. The number of halogens is 1. The number of nitrogens with one attached hydrogen (secondary N) is 1. The lowest BCUT2D eigenvalue weighted by molar-refractivity contribution is -0.124. The highest BCUT2D eigenvalue weighted by Gasteiger charge is 2.12. The molecule has 1 atom stereocenters. The molecule has 3 N–H and O–H groups in total. The predicted molar refractivity (Wildman–Crippen MR) is 81.7 cm³/mol. The molecule has 1 rings (SSSR count). The first-order valence-electron chi connectivity index (χ1n) is 6.38. The second kappa shape index (κ2) is 8.24. The van der Waals surface area contributed by atoms with Crippen molar-refractivity contribution in [2.45, 2.75) is 26.4 Å². The maximum absolute atomic E-state index is 11.7. The van der Waals surface area contributed by atoms with Gasteiger partial charge in [0.25, 0.3) is 5.91 Å². The van der Waals surface area contributed by atoms with Crippen molar-refractivity contribution >= 4 is 21.8 Å². The van der Waals surface area contributed by atoms with Gasteiger partial charge in [-0.3, -0.25) is 4.79 Å². The maximum atomic E-state index is 11.7. The molecular weight excluding hydrogens is 324 g/mol. The molecule has 5 nitrogen and oxygen atoms in total. The van der Waals surface area contributed by atoms with Crippen LogP contribution in [0.5, 0.6) is 5.75 Å². The summed E-state index contributed by atoms with van der Waals surface area (Å²) in [7, 11) is 1.60. The van der Waals surface area contributed by atoms with Gasteiger partial charge in [-0.15, -0.1) is 0 Å². The Labute approximate surface area is 127 Å². The molecular formula is C14H21BrN2O3. The quantitative estimate of drug-likeness (QED) is 0.790. The highest BCUT2D eigenvalue weighted by Crippen LogP contribution is 2.27. The molecule has 0 saturated heterocycles. The Bertz CT molecular complexity index is 466. The molecule has 0 radical (unpaired) electrons. The van der Waals surface area contributed by atoms with Gasteiger partial charge in [-0.2, -0.15) is 0 Å². The van der Waals surface area contributed by atoms with Crippen LogP contribution in [0.25, 0.3) is 0 Å². The number of aryl methyl sites for hydroxylation is 1. The summed E-state index contributed by atoms with van der Waals surface area (Å²) in [4.78, 5) is 11.7. The number of nitrogens with two attached hydrogens (primary N) is 1. The molecule has 0 saturated carbocycles. The van der Waals surface area contributed by atoms with Crippen molar-refractivity contribution in [1.82, 2.24) is 5.32 Å². The van der Waals surface area contributed by atoms with Crippen LogP contribution in [0.2, 0.25) is 0 Å². The van der Waals surface area contributed by atoms with Crippen molar-refractivity contribution in [3.63, 3.8) is 0 Å². The molecule has 1 amide bonds. The number of rotatable bonds is 7. The summed E-state index contributed by atoms with van der Waals surface area (Å²) in [6.45, 7) is 4.58. The number of hydrogen-bond donors (Lipinski definition) is 2. The molecule has 0 aromatic heterocycles. The first-order chi connectivity index (χ1) is 9.47. The highest BCUT2D eigenvalue weighted by molar-refractivity contribution is 9.10. The largest absolute Gasteiger partial charge is 0.483 e. The van der Waals surface area contributed by atoms with Gasteiger partial charge in [0, 0.05) is 29.7 Å². The van der Waals surface area contributed by atoms with Crippen LogP contribution < -0.4 is 15.8 Å². The molecule has 0 heterocycles. The number of carbonyl (C=O) groups excluding carboxylic acids is 1. The number of methoxy groups -OCH3 is 1. The SMILES string of the molecule is COCC(C)NC(=O)COc1c(C)cc(Br)cc1CN. The smallest absolute Gasteiger partial charge is 0.258 e. The average Bonchev–Trinajstić information content (AvgIpc) is 2.36. The van der Waals surface area contributed by atoms with E-state index in [9.17, 15) is 4.79 Å². The Hall–Kier alpha value is -1.11. The van der Waals surface area contributed by atoms with Crippen LogP contribution in [0.3, 0.4) is 0 Å². The summed E-state index contributed by atoms with van der Waals surface area (Å²) in [6, 6.07) is 3.78. The highest BCUT2D eigenvalue weighted by atomic mass is 79.9. The molecule has 0 bridgehead atoms. The van der Waals surface area contributed by atoms with E-state index in [1.54, 1.807) is 7.11 Å². The van der Waals surface area contributed by atoms with Crippen LogP contribution in [-0.4, -0.2) is 32.3 Å². The van der Waals surface area contributed by atoms with Crippen molar-refractivity contribution < 1.29 is 14.3 Å². The van der Waals surface area contributed by atoms with E-state index in [4.69, 9.17) is 15.2 Å². The molecule has 1 aromatic rings. The van der Waals surface area contributed by atoms with E-state index in [0.717, 1.165) is 15.6 Å². The van der Waals surface area contributed by atoms with Gasteiger partial charge in [0.05, 0.1) is 6.61 Å². The van der Waals surface area contributed by atoms with Gasteiger partial charge in [-0.25, -0.2) is 0 Å². The van der Waals surface area contributed by atoms with Crippen molar-refractivity contribution in [1.29, 1.82) is 0 Å². The van der Waals surface area contributed by atoms with E-state index in [2.05, 4.69) is 21.2 Å². The number of ether oxygens (including phenoxy) is 2. The topological polar surface area (TPSA) is 73.6 Å². The molecule has 0 spiro atoms. The Morgan fingerprint density at radius 3 is 2.80 bits per heavy atom. The maximum Gasteiger partial charge on any atom is 0.258 e. The molecule has 0 fully saturated rings. The van der Waals surface area contributed by atoms with Gasteiger partial charge >= 0.3 is 0 Å². The first kappa shape index (κ1) is 16.9. The second-order valence-electron chi connectivity index (χ2n) is 4.63. The zero-order valence-corrected chi connectivity index (χ0v) is 13.6. The molecule has 20 heavy (non-hydrogen) atoms. The van der Waals surface area contributed by atoms with Crippen LogP contribution in [0.1, 0.15) is 18.1 Å². The van der Waals surface area contributed by atoms with Gasteiger partial charge in [0.15, 0.2) is 6.61 Å². The van der Waals surface area contributed by atoms with Crippen LogP contribution in [0, 0.1) is 6.92 Å². The third-order valence-corrected chi connectivity index (χ3v) is 3.17. The van der Waals surface area contributed by atoms with Crippen molar-refractivity contribution in [3.05, 3.63) is 27.7 Å². The molecule has 0 aliphatic rings. The third-order valence-electron chi connectivity index (χ3n) is 2.71.